The lowest BCUT2D eigenvalue weighted by atomic mass is 10.0. The Kier molecular flexibility index (Phi) is 3.76. The Hall–Kier alpha value is -0.530. The molecule has 2 heteroatoms. The lowest BCUT2D eigenvalue weighted by molar-refractivity contribution is 0.788. The minimum atomic E-state index is 0.887. The molecule has 0 saturated carbocycles. The molecule has 0 bridgehead atoms. The average molecular weight is 198 g/mol. The van der Waals surface area contributed by atoms with Crippen molar-refractivity contribution in [1.82, 2.24) is 5.32 Å². The first-order valence-corrected chi connectivity index (χ1v) is 4.93. The van der Waals surface area contributed by atoms with Crippen molar-refractivity contribution >= 4 is 11.6 Å². The van der Waals surface area contributed by atoms with E-state index < -0.39 is 0 Å². The number of aryl methyl sites for hydroxylation is 1. The van der Waals surface area contributed by atoms with Gasteiger partial charge in [0, 0.05) is 5.02 Å². The van der Waals surface area contributed by atoms with E-state index in [1.807, 2.05) is 13.1 Å². The first-order chi connectivity index (χ1) is 6.16. The average Bonchev–Trinajstić information content (AvgIpc) is 2.12. The second-order valence-electron chi connectivity index (χ2n) is 3.32. The maximum Gasteiger partial charge on any atom is 0.0441 e. The van der Waals surface area contributed by atoms with Crippen LogP contribution in [0.1, 0.15) is 16.7 Å². The number of hydrogen-bond acceptors (Lipinski definition) is 1. The van der Waals surface area contributed by atoms with Gasteiger partial charge in [0.25, 0.3) is 0 Å². The van der Waals surface area contributed by atoms with Crippen molar-refractivity contribution in [2.75, 3.05) is 13.6 Å². The molecule has 1 aromatic carbocycles. The van der Waals surface area contributed by atoms with Crippen LogP contribution >= 0.6 is 11.6 Å². The highest BCUT2D eigenvalue weighted by atomic mass is 35.5. The number of halogens is 1. The molecule has 0 aromatic heterocycles. The van der Waals surface area contributed by atoms with Gasteiger partial charge in [0.05, 0.1) is 0 Å². The van der Waals surface area contributed by atoms with Gasteiger partial charge in [-0.25, -0.2) is 0 Å². The lowest BCUT2D eigenvalue weighted by Crippen LogP contribution is -2.11. The standard InChI is InChI=1S/C11H16ClN/c1-8-4-5-11(12)10(9(8)2)6-7-13-3/h4-5,13H,6-7H2,1-3H3. The summed E-state index contributed by atoms with van der Waals surface area (Å²) in [6.07, 6.45) is 1.00. The fourth-order valence-corrected chi connectivity index (χ4v) is 1.70. The summed E-state index contributed by atoms with van der Waals surface area (Å²) in [7, 11) is 1.96. The summed E-state index contributed by atoms with van der Waals surface area (Å²) in [6.45, 7) is 5.23. The molecular formula is C11H16ClN. The highest BCUT2D eigenvalue weighted by Crippen LogP contribution is 2.22. The molecule has 1 aromatic rings. The fourth-order valence-electron chi connectivity index (χ4n) is 1.40. The molecule has 0 aliphatic carbocycles. The van der Waals surface area contributed by atoms with Crippen LogP contribution in [0.25, 0.3) is 0 Å². The third-order valence-electron chi connectivity index (χ3n) is 2.44. The van der Waals surface area contributed by atoms with Gasteiger partial charge in [0.2, 0.25) is 0 Å². The Morgan fingerprint density at radius 1 is 1.31 bits per heavy atom. The van der Waals surface area contributed by atoms with Crippen molar-refractivity contribution in [3.8, 4) is 0 Å². The first kappa shape index (κ1) is 10.6. The van der Waals surface area contributed by atoms with Gasteiger partial charge in [-0.1, -0.05) is 17.7 Å². The zero-order chi connectivity index (χ0) is 9.84. The summed E-state index contributed by atoms with van der Waals surface area (Å²) in [5.41, 5.74) is 3.91. The molecule has 72 valence electrons. The summed E-state index contributed by atoms with van der Waals surface area (Å²) in [4.78, 5) is 0. The van der Waals surface area contributed by atoms with Gasteiger partial charge in [-0.2, -0.15) is 0 Å². The Labute approximate surface area is 85.1 Å². The Morgan fingerprint density at radius 3 is 2.62 bits per heavy atom. The number of likely N-dealkylation sites (N-methyl/N-ethyl adjacent to an activating group) is 1. The van der Waals surface area contributed by atoms with Crippen molar-refractivity contribution in [2.24, 2.45) is 0 Å². The second-order valence-corrected chi connectivity index (χ2v) is 3.73. The number of hydrogen-bond donors (Lipinski definition) is 1. The van der Waals surface area contributed by atoms with E-state index in [2.05, 4.69) is 25.2 Å². The fraction of sp³-hybridized carbons (Fsp3) is 0.455. The highest BCUT2D eigenvalue weighted by molar-refractivity contribution is 6.31. The van der Waals surface area contributed by atoms with E-state index >= 15 is 0 Å². The quantitative estimate of drug-likeness (QED) is 0.786. The summed E-state index contributed by atoms with van der Waals surface area (Å²) >= 11 is 6.11. The Balaban J connectivity index is 2.96. The van der Waals surface area contributed by atoms with E-state index in [-0.39, 0.29) is 0 Å². The van der Waals surface area contributed by atoms with Crippen LogP contribution in [0.15, 0.2) is 12.1 Å². The molecule has 0 unspecified atom stereocenters. The van der Waals surface area contributed by atoms with Crippen LogP contribution in [-0.2, 0) is 6.42 Å². The minimum absolute atomic E-state index is 0.887. The van der Waals surface area contributed by atoms with Gasteiger partial charge in [-0.05, 0) is 56.6 Å². The minimum Gasteiger partial charge on any atom is -0.319 e. The summed E-state index contributed by atoms with van der Waals surface area (Å²) < 4.78 is 0. The zero-order valence-corrected chi connectivity index (χ0v) is 9.20. The predicted molar refractivity (Wildman–Crippen MR) is 58.6 cm³/mol. The molecule has 0 atom stereocenters. The molecule has 1 nitrogen and oxygen atoms in total. The first-order valence-electron chi connectivity index (χ1n) is 4.56. The third-order valence-corrected chi connectivity index (χ3v) is 2.79. The largest absolute Gasteiger partial charge is 0.319 e. The van der Waals surface area contributed by atoms with E-state index in [9.17, 15) is 0 Å². The molecule has 0 aliphatic rings. The van der Waals surface area contributed by atoms with Gasteiger partial charge in [-0.15, -0.1) is 0 Å². The second kappa shape index (κ2) is 4.64. The molecule has 0 heterocycles. The molecule has 0 amide bonds. The zero-order valence-electron chi connectivity index (χ0n) is 8.45. The normalized spacial score (nSPS) is 10.5. The van der Waals surface area contributed by atoms with E-state index in [0.29, 0.717) is 0 Å². The van der Waals surface area contributed by atoms with Crippen molar-refractivity contribution in [3.05, 3.63) is 33.8 Å². The Morgan fingerprint density at radius 2 is 2.00 bits per heavy atom. The van der Waals surface area contributed by atoms with Crippen LogP contribution < -0.4 is 5.32 Å². The van der Waals surface area contributed by atoms with Crippen LogP contribution in [-0.4, -0.2) is 13.6 Å². The van der Waals surface area contributed by atoms with Crippen molar-refractivity contribution in [1.29, 1.82) is 0 Å². The number of benzene rings is 1. The predicted octanol–water partition coefficient (Wildman–Crippen LogP) is 2.72. The molecule has 0 radical (unpaired) electrons. The molecule has 0 fully saturated rings. The van der Waals surface area contributed by atoms with Gasteiger partial charge in [0.15, 0.2) is 0 Å². The SMILES string of the molecule is CNCCc1c(Cl)ccc(C)c1C. The summed E-state index contributed by atoms with van der Waals surface area (Å²) in [5, 5.41) is 4.02. The van der Waals surface area contributed by atoms with E-state index in [1.165, 1.54) is 16.7 Å². The number of rotatable bonds is 3. The maximum absolute atomic E-state index is 6.11. The smallest absolute Gasteiger partial charge is 0.0441 e. The Bertz CT molecular complexity index is 294. The highest BCUT2D eigenvalue weighted by Gasteiger charge is 2.05. The number of nitrogens with one attached hydrogen (secondary N) is 1. The van der Waals surface area contributed by atoms with Crippen LogP contribution in [0.3, 0.4) is 0 Å². The topological polar surface area (TPSA) is 12.0 Å². The monoisotopic (exact) mass is 197 g/mol. The molecular weight excluding hydrogens is 182 g/mol. The van der Waals surface area contributed by atoms with E-state index in [4.69, 9.17) is 11.6 Å². The molecule has 0 saturated heterocycles. The molecule has 1 rings (SSSR count). The molecule has 1 N–H and O–H groups in total. The van der Waals surface area contributed by atoms with Gasteiger partial charge in [0.1, 0.15) is 0 Å². The van der Waals surface area contributed by atoms with Crippen LogP contribution in [0.4, 0.5) is 0 Å². The third kappa shape index (κ3) is 2.45. The summed E-state index contributed by atoms with van der Waals surface area (Å²) in [5.74, 6) is 0. The van der Waals surface area contributed by atoms with E-state index in [1.54, 1.807) is 0 Å². The van der Waals surface area contributed by atoms with Gasteiger partial charge >= 0.3 is 0 Å². The summed E-state index contributed by atoms with van der Waals surface area (Å²) in [6, 6.07) is 4.05. The van der Waals surface area contributed by atoms with Crippen molar-refractivity contribution in [2.45, 2.75) is 20.3 Å². The van der Waals surface area contributed by atoms with Crippen LogP contribution in [0.2, 0.25) is 5.02 Å². The van der Waals surface area contributed by atoms with Gasteiger partial charge < -0.3 is 5.32 Å². The molecule has 13 heavy (non-hydrogen) atoms. The lowest BCUT2D eigenvalue weighted by Gasteiger charge is -2.10. The van der Waals surface area contributed by atoms with Crippen molar-refractivity contribution < 1.29 is 0 Å². The maximum atomic E-state index is 6.11. The van der Waals surface area contributed by atoms with Crippen LogP contribution in [0, 0.1) is 13.8 Å². The molecule has 0 spiro atoms. The van der Waals surface area contributed by atoms with Crippen molar-refractivity contribution in [3.63, 3.8) is 0 Å². The van der Waals surface area contributed by atoms with Gasteiger partial charge in [-0.3, -0.25) is 0 Å². The van der Waals surface area contributed by atoms with Crippen LogP contribution in [0.5, 0.6) is 0 Å². The van der Waals surface area contributed by atoms with E-state index in [0.717, 1.165) is 18.0 Å². The molecule has 0 aliphatic heterocycles.